The van der Waals surface area contributed by atoms with Crippen LogP contribution >= 0.6 is 0 Å². The average molecular weight is 460 g/mol. The van der Waals surface area contributed by atoms with Crippen molar-refractivity contribution >= 4 is 21.8 Å². The SMILES string of the molecule is CCCCCc1c(CCCCC)c(CCCCC)c2nc3ccccc3cc2c1CCCCC. The minimum absolute atomic E-state index is 1.16. The third kappa shape index (κ3) is 6.83. The second-order valence-electron chi connectivity index (χ2n) is 10.3. The van der Waals surface area contributed by atoms with Gasteiger partial charge in [0, 0.05) is 10.8 Å². The van der Waals surface area contributed by atoms with Crippen molar-refractivity contribution < 1.29 is 0 Å². The Balaban J connectivity index is 2.26. The van der Waals surface area contributed by atoms with E-state index < -0.39 is 0 Å². The van der Waals surface area contributed by atoms with E-state index in [1.807, 2.05) is 0 Å². The Morgan fingerprint density at radius 3 is 1.56 bits per heavy atom. The summed E-state index contributed by atoms with van der Waals surface area (Å²) in [7, 11) is 0. The molecule has 0 radical (unpaired) electrons. The first kappa shape index (κ1) is 26.7. The summed E-state index contributed by atoms with van der Waals surface area (Å²) in [5, 5.41) is 2.76. The van der Waals surface area contributed by atoms with E-state index in [1.165, 1.54) is 119 Å². The van der Waals surface area contributed by atoms with Crippen LogP contribution in [0.2, 0.25) is 0 Å². The van der Waals surface area contributed by atoms with Gasteiger partial charge in [0.15, 0.2) is 0 Å². The van der Waals surface area contributed by atoms with E-state index in [2.05, 4.69) is 58.0 Å². The third-order valence-electron chi connectivity index (χ3n) is 7.55. The number of rotatable bonds is 16. The smallest absolute Gasteiger partial charge is 0.0747 e. The number of hydrogen-bond acceptors (Lipinski definition) is 1. The average Bonchev–Trinajstić information content (AvgIpc) is 2.86. The Morgan fingerprint density at radius 2 is 1.00 bits per heavy atom. The van der Waals surface area contributed by atoms with E-state index in [4.69, 9.17) is 4.98 Å². The van der Waals surface area contributed by atoms with Crippen LogP contribution in [-0.4, -0.2) is 4.98 Å². The van der Waals surface area contributed by atoms with Crippen LogP contribution in [0.4, 0.5) is 0 Å². The molecule has 0 amide bonds. The first-order valence-corrected chi connectivity index (χ1v) is 14.6. The Bertz CT molecular complexity index is 934. The summed E-state index contributed by atoms with van der Waals surface area (Å²) in [6.45, 7) is 9.30. The van der Waals surface area contributed by atoms with Gasteiger partial charge >= 0.3 is 0 Å². The maximum absolute atomic E-state index is 5.37. The number of fused-ring (bicyclic) bond motifs is 2. The molecule has 0 atom stereocenters. The predicted octanol–water partition coefficient (Wildman–Crippen LogP) is 10.3. The molecule has 0 saturated carbocycles. The van der Waals surface area contributed by atoms with Gasteiger partial charge in [0.25, 0.3) is 0 Å². The molecule has 1 heterocycles. The molecule has 1 aromatic heterocycles. The first-order valence-electron chi connectivity index (χ1n) is 14.6. The van der Waals surface area contributed by atoms with Crippen LogP contribution in [0.1, 0.15) is 127 Å². The van der Waals surface area contributed by atoms with Gasteiger partial charge in [-0.3, -0.25) is 0 Å². The fraction of sp³-hybridized carbons (Fsp3) is 0.606. The first-order chi connectivity index (χ1) is 16.7. The predicted molar refractivity (Wildman–Crippen MR) is 152 cm³/mol. The van der Waals surface area contributed by atoms with Crippen LogP contribution in [0.15, 0.2) is 30.3 Å². The summed E-state index contributed by atoms with van der Waals surface area (Å²) in [6.07, 6.45) is 20.5. The summed E-state index contributed by atoms with van der Waals surface area (Å²) < 4.78 is 0. The molecule has 0 N–H and O–H groups in total. The van der Waals surface area contributed by atoms with Crippen LogP contribution in [0, 0.1) is 0 Å². The monoisotopic (exact) mass is 459 g/mol. The summed E-state index contributed by atoms with van der Waals surface area (Å²) in [5.74, 6) is 0. The fourth-order valence-corrected chi connectivity index (χ4v) is 5.61. The van der Waals surface area contributed by atoms with Crippen molar-refractivity contribution in [3.63, 3.8) is 0 Å². The van der Waals surface area contributed by atoms with Gasteiger partial charge in [0.1, 0.15) is 0 Å². The highest BCUT2D eigenvalue weighted by molar-refractivity contribution is 5.97. The Hall–Kier alpha value is -1.89. The Morgan fingerprint density at radius 1 is 0.529 bits per heavy atom. The van der Waals surface area contributed by atoms with Gasteiger partial charge in [-0.05, 0) is 85.8 Å². The van der Waals surface area contributed by atoms with Gasteiger partial charge in [-0.2, -0.15) is 0 Å². The van der Waals surface area contributed by atoms with Gasteiger partial charge in [0.05, 0.1) is 11.0 Å². The van der Waals surface area contributed by atoms with Crippen molar-refractivity contribution in [3.05, 3.63) is 52.6 Å². The molecule has 1 heteroatoms. The Labute approximate surface area is 209 Å². The quantitative estimate of drug-likeness (QED) is 0.153. The number of unbranched alkanes of at least 4 members (excludes halogenated alkanes) is 8. The van der Waals surface area contributed by atoms with Gasteiger partial charge in [-0.15, -0.1) is 0 Å². The van der Waals surface area contributed by atoms with Crippen molar-refractivity contribution in [2.75, 3.05) is 0 Å². The van der Waals surface area contributed by atoms with Gasteiger partial charge in [-0.25, -0.2) is 4.98 Å². The molecular weight excluding hydrogens is 410 g/mol. The zero-order chi connectivity index (χ0) is 24.2. The molecule has 1 nitrogen and oxygen atoms in total. The maximum Gasteiger partial charge on any atom is 0.0747 e. The van der Waals surface area contributed by atoms with Crippen LogP contribution in [0.5, 0.6) is 0 Å². The lowest BCUT2D eigenvalue weighted by Crippen LogP contribution is -2.09. The molecule has 34 heavy (non-hydrogen) atoms. The standard InChI is InChI=1S/C33H49N/c1-5-9-13-20-27-28(21-14-10-6-2)30(23-16-12-8-4)33-31(29(27)22-15-11-7-3)25-26-19-17-18-24-32(26)34-33/h17-19,24-25H,5-16,20-23H2,1-4H3. The van der Waals surface area contributed by atoms with E-state index in [9.17, 15) is 0 Å². The molecule has 0 fully saturated rings. The second kappa shape index (κ2) is 14.5. The lowest BCUT2D eigenvalue weighted by molar-refractivity contribution is 0.669. The highest BCUT2D eigenvalue weighted by Gasteiger charge is 2.20. The van der Waals surface area contributed by atoms with Crippen LogP contribution < -0.4 is 0 Å². The number of aryl methyl sites for hydroxylation is 2. The van der Waals surface area contributed by atoms with Crippen molar-refractivity contribution in [1.29, 1.82) is 0 Å². The largest absolute Gasteiger partial charge is 0.247 e. The molecule has 3 aromatic rings. The van der Waals surface area contributed by atoms with Crippen LogP contribution in [-0.2, 0) is 25.7 Å². The molecule has 2 aromatic carbocycles. The Kier molecular flexibility index (Phi) is 11.4. The van der Waals surface area contributed by atoms with E-state index in [0.717, 1.165) is 5.52 Å². The number of benzene rings is 2. The van der Waals surface area contributed by atoms with E-state index >= 15 is 0 Å². The van der Waals surface area contributed by atoms with Crippen LogP contribution in [0.25, 0.3) is 21.8 Å². The highest BCUT2D eigenvalue weighted by Crippen LogP contribution is 2.36. The van der Waals surface area contributed by atoms with Gasteiger partial charge in [0.2, 0.25) is 0 Å². The molecule has 0 aliphatic carbocycles. The lowest BCUT2D eigenvalue weighted by atomic mass is 9.82. The number of pyridine rings is 1. The lowest BCUT2D eigenvalue weighted by Gasteiger charge is -2.23. The normalized spacial score (nSPS) is 11.6. The number of nitrogens with zero attached hydrogens (tertiary/aromatic N) is 1. The minimum atomic E-state index is 1.16. The zero-order valence-corrected chi connectivity index (χ0v) is 22.6. The molecule has 186 valence electrons. The van der Waals surface area contributed by atoms with Crippen molar-refractivity contribution in [3.8, 4) is 0 Å². The molecule has 3 rings (SSSR count). The molecule has 0 aliphatic rings. The third-order valence-corrected chi connectivity index (χ3v) is 7.55. The molecule has 0 unspecified atom stereocenters. The molecule has 0 spiro atoms. The number of aromatic nitrogens is 1. The summed E-state index contributed by atoms with van der Waals surface area (Å²) in [4.78, 5) is 5.37. The van der Waals surface area contributed by atoms with Gasteiger partial charge < -0.3 is 0 Å². The number of hydrogen-bond donors (Lipinski definition) is 0. The van der Waals surface area contributed by atoms with Crippen molar-refractivity contribution in [2.24, 2.45) is 0 Å². The van der Waals surface area contributed by atoms with Gasteiger partial charge in [-0.1, -0.05) is 97.3 Å². The molecular formula is C33H49N. The number of para-hydroxylation sites is 1. The maximum atomic E-state index is 5.37. The van der Waals surface area contributed by atoms with Crippen LogP contribution in [0.3, 0.4) is 0 Å². The van der Waals surface area contributed by atoms with E-state index in [-0.39, 0.29) is 0 Å². The molecule has 0 bridgehead atoms. The summed E-state index contributed by atoms with van der Waals surface area (Å²) >= 11 is 0. The topological polar surface area (TPSA) is 12.9 Å². The molecule has 0 aliphatic heterocycles. The minimum Gasteiger partial charge on any atom is -0.247 e. The van der Waals surface area contributed by atoms with E-state index in [1.54, 1.807) is 22.3 Å². The van der Waals surface area contributed by atoms with Crippen molar-refractivity contribution in [1.82, 2.24) is 4.98 Å². The summed E-state index contributed by atoms with van der Waals surface area (Å²) in [5.41, 5.74) is 9.13. The van der Waals surface area contributed by atoms with E-state index in [0.29, 0.717) is 0 Å². The fourth-order valence-electron chi connectivity index (χ4n) is 5.61. The van der Waals surface area contributed by atoms with Crippen molar-refractivity contribution in [2.45, 2.75) is 130 Å². The highest BCUT2D eigenvalue weighted by atomic mass is 14.7. The zero-order valence-electron chi connectivity index (χ0n) is 22.6. The summed E-state index contributed by atoms with van der Waals surface area (Å²) in [6, 6.07) is 11.2. The second-order valence-corrected chi connectivity index (χ2v) is 10.3. The molecule has 0 saturated heterocycles.